The van der Waals surface area contributed by atoms with E-state index < -0.39 is 5.91 Å². The third kappa shape index (κ3) is 4.82. The fourth-order valence-electron chi connectivity index (χ4n) is 2.37. The Kier molecular flexibility index (Phi) is 5.74. The molecule has 0 saturated heterocycles. The first-order valence-electron chi connectivity index (χ1n) is 7.81. The molecule has 0 aliphatic carbocycles. The van der Waals surface area contributed by atoms with Gasteiger partial charge in [0.05, 0.1) is 5.02 Å². The first-order chi connectivity index (χ1) is 12.8. The number of furan rings is 1. The van der Waals surface area contributed by atoms with Gasteiger partial charge in [0, 0.05) is 22.0 Å². The molecule has 0 aliphatic heterocycles. The molecule has 2 N–H and O–H groups in total. The van der Waals surface area contributed by atoms with Crippen LogP contribution in [0.4, 0.5) is 5.95 Å². The predicted octanol–water partition coefficient (Wildman–Crippen LogP) is 4.79. The number of thiocarbonyl (C=S) groups is 1. The first kappa shape index (κ1) is 19.3. The number of aryl methyl sites for hydroxylation is 2. The molecule has 0 spiro atoms. The lowest BCUT2D eigenvalue weighted by molar-refractivity contribution is 0.0951. The zero-order chi connectivity index (χ0) is 19.6. The minimum atomic E-state index is -0.506. The summed E-state index contributed by atoms with van der Waals surface area (Å²) in [5, 5.41) is 6.30. The Bertz CT molecular complexity index is 1020. The Hall–Kier alpha value is -2.48. The van der Waals surface area contributed by atoms with Crippen molar-refractivity contribution in [2.24, 2.45) is 0 Å². The molecule has 0 saturated carbocycles. The van der Waals surface area contributed by atoms with Gasteiger partial charge in [0.15, 0.2) is 10.9 Å². The third-order valence-corrected chi connectivity index (χ3v) is 4.21. The Morgan fingerprint density at radius 1 is 1.07 bits per heavy atom. The smallest absolute Gasteiger partial charge is 0.293 e. The summed E-state index contributed by atoms with van der Waals surface area (Å²) in [4.78, 5) is 20.7. The lowest BCUT2D eigenvalue weighted by Crippen LogP contribution is -2.34. The highest BCUT2D eigenvalue weighted by molar-refractivity contribution is 7.80. The van der Waals surface area contributed by atoms with E-state index in [1.165, 1.54) is 6.07 Å². The number of anilines is 1. The number of carbonyl (C=O) groups is 1. The Balaban J connectivity index is 1.69. The van der Waals surface area contributed by atoms with Gasteiger partial charge in [0.25, 0.3) is 5.91 Å². The summed E-state index contributed by atoms with van der Waals surface area (Å²) < 4.78 is 5.58. The summed E-state index contributed by atoms with van der Waals surface area (Å²) >= 11 is 17.2. The van der Waals surface area contributed by atoms with Gasteiger partial charge in [-0.15, -0.1) is 0 Å². The second-order valence-corrected chi connectivity index (χ2v) is 6.92. The van der Waals surface area contributed by atoms with Crippen molar-refractivity contribution in [3.05, 3.63) is 63.6 Å². The van der Waals surface area contributed by atoms with Crippen LogP contribution in [0.25, 0.3) is 11.3 Å². The number of carbonyl (C=O) groups excluding carboxylic acids is 1. The van der Waals surface area contributed by atoms with Gasteiger partial charge in [-0.05, 0) is 62.5 Å². The van der Waals surface area contributed by atoms with E-state index in [0.717, 1.165) is 11.4 Å². The molecule has 9 heteroatoms. The Labute approximate surface area is 170 Å². The third-order valence-electron chi connectivity index (χ3n) is 3.46. The molecule has 138 valence electrons. The zero-order valence-corrected chi connectivity index (χ0v) is 16.7. The molecule has 0 fully saturated rings. The zero-order valence-electron chi connectivity index (χ0n) is 14.3. The monoisotopic (exact) mass is 420 g/mol. The first-order valence-corrected chi connectivity index (χ1v) is 8.98. The second-order valence-electron chi connectivity index (χ2n) is 5.67. The van der Waals surface area contributed by atoms with Gasteiger partial charge < -0.3 is 9.73 Å². The van der Waals surface area contributed by atoms with Crippen LogP contribution >= 0.6 is 35.4 Å². The SMILES string of the molecule is Cc1cc(C)nc(NC(=S)NC(=O)c2ccc(-c3ccc(Cl)cc3Cl)o2)n1. The van der Waals surface area contributed by atoms with Gasteiger partial charge >= 0.3 is 0 Å². The van der Waals surface area contributed by atoms with Crippen molar-refractivity contribution in [1.82, 2.24) is 15.3 Å². The normalized spacial score (nSPS) is 10.5. The van der Waals surface area contributed by atoms with E-state index in [4.69, 9.17) is 39.8 Å². The van der Waals surface area contributed by atoms with Crippen LogP contribution in [0.15, 0.2) is 40.8 Å². The molecule has 2 aromatic heterocycles. The van der Waals surface area contributed by atoms with E-state index >= 15 is 0 Å². The van der Waals surface area contributed by atoms with Gasteiger partial charge in [-0.3, -0.25) is 10.1 Å². The van der Waals surface area contributed by atoms with Crippen LogP contribution in [-0.4, -0.2) is 21.0 Å². The van der Waals surface area contributed by atoms with E-state index in [0.29, 0.717) is 27.3 Å². The predicted molar refractivity (Wildman–Crippen MR) is 109 cm³/mol. The second kappa shape index (κ2) is 8.04. The molecule has 0 bridgehead atoms. The van der Waals surface area contributed by atoms with Crippen molar-refractivity contribution in [2.75, 3.05) is 5.32 Å². The van der Waals surface area contributed by atoms with Crippen LogP contribution in [-0.2, 0) is 0 Å². The largest absolute Gasteiger partial charge is 0.451 e. The van der Waals surface area contributed by atoms with Crippen LogP contribution in [0.1, 0.15) is 21.9 Å². The van der Waals surface area contributed by atoms with Crippen molar-refractivity contribution in [3.63, 3.8) is 0 Å². The highest BCUT2D eigenvalue weighted by Gasteiger charge is 2.16. The van der Waals surface area contributed by atoms with Crippen molar-refractivity contribution in [3.8, 4) is 11.3 Å². The van der Waals surface area contributed by atoms with E-state index in [2.05, 4.69) is 20.6 Å². The maximum absolute atomic E-state index is 12.3. The number of halogens is 2. The molecule has 6 nitrogen and oxygen atoms in total. The van der Waals surface area contributed by atoms with Gasteiger partial charge in [0.1, 0.15) is 5.76 Å². The molecular weight excluding hydrogens is 407 g/mol. The topological polar surface area (TPSA) is 80.0 Å². The summed E-state index contributed by atoms with van der Waals surface area (Å²) in [5.41, 5.74) is 2.20. The van der Waals surface area contributed by atoms with E-state index in [9.17, 15) is 4.79 Å². The number of amides is 1. The summed E-state index contributed by atoms with van der Waals surface area (Å²) in [6.07, 6.45) is 0. The Morgan fingerprint density at radius 2 is 1.78 bits per heavy atom. The van der Waals surface area contributed by atoms with Gasteiger partial charge in [-0.25, -0.2) is 9.97 Å². The standard InChI is InChI=1S/C18H14Cl2N4O2S/c1-9-7-10(2)22-17(21-9)24-18(27)23-16(25)15-6-5-14(26-15)12-4-3-11(19)8-13(12)20/h3-8H,1-2H3,(H2,21,22,23,24,25,27). The summed E-state index contributed by atoms with van der Waals surface area (Å²) in [6.45, 7) is 3.68. The number of aromatic nitrogens is 2. The summed E-state index contributed by atoms with van der Waals surface area (Å²) in [6, 6.07) is 10.0. The van der Waals surface area contributed by atoms with Gasteiger partial charge in [-0.1, -0.05) is 23.2 Å². The number of hydrogen-bond acceptors (Lipinski definition) is 5. The van der Waals surface area contributed by atoms with Crippen molar-refractivity contribution < 1.29 is 9.21 Å². The highest BCUT2D eigenvalue weighted by atomic mass is 35.5. The lowest BCUT2D eigenvalue weighted by atomic mass is 10.2. The van der Waals surface area contributed by atoms with Crippen LogP contribution in [0.2, 0.25) is 10.0 Å². The minimum Gasteiger partial charge on any atom is -0.451 e. The number of hydrogen-bond donors (Lipinski definition) is 2. The van der Waals surface area contributed by atoms with Crippen LogP contribution < -0.4 is 10.6 Å². The minimum absolute atomic E-state index is 0.0625. The number of rotatable bonds is 3. The summed E-state index contributed by atoms with van der Waals surface area (Å²) in [7, 11) is 0. The molecule has 0 unspecified atom stereocenters. The lowest BCUT2D eigenvalue weighted by Gasteiger charge is -2.08. The highest BCUT2D eigenvalue weighted by Crippen LogP contribution is 2.31. The van der Waals surface area contributed by atoms with Crippen LogP contribution in [0.3, 0.4) is 0 Å². The molecule has 3 rings (SSSR count). The number of nitrogens with zero attached hydrogens (tertiary/aromatic N) is 2. The summed E-state index contributed by atoms with van der Waals surface area (Å²) in [5.74, 6) is 0.332. The van der Waals surface area contributed by atoms with Gasteiger partial charge in [0.2, 0.25) is 5.95 Å². The molecule has 1 amide bonds. The average molecular weight is 421 g/mol. The van der Waals surface area contributed by atoms with Crippen LogP contribution in [0.5, 0.6) is 0 Å². The number of nitrogens with one attached hydrogen (secondary N) is 2. The van der Waals surface area contributed by atoms with Crippen molar-refractivity contribution in [1.29, 1.82) is 0 Å². The number of benzene rings is 1. The molecular formula is C18H14Cl2N4O2S. The van der Waals surface area contributed by atoms with E-state index in [1.54, 1.807) is 24.3 Å². The Morgan fingerprint density at radius 3 is 2.44 bits per heavy atom. The molecule has 2 heterocycles. The van der Waals surface area contributed by atoms with Crippen molar-refractivity contribution >= 4 is 52.4 Å². The maximum atomic E-state index is 12.3. The molecule has 0 aliphatic rings. The fraction of sp³-hybridized carbons (Fsp3) is 0.111. The van der Waals surface area contributed by atoms with Crippen LogP contribution in [0, 0.1) is 13.8 Å². The molecule has 0 atom stereocenters. The molecule has 0 radical (unpaired) electrons. The molecule has 1 aromatic carbocycles. The molecule has 27 heavy (non-hydrogen) atoms. The van der Waals surface area contributed by atoms with E-state index in [-0.39, 0.29) is 10.9 Å². The van der Waals surface area contributed by atoms with Gasteiger partial charge in [-0.2, -0.15) is 0 Å². The molecule has 3 aromatic rings. The quantitative estimate of drug-likeness (QED) is 0.593. The average Bonchev–Trinajstić information content (AvgIpc) is 3.03. The van der Waals surface area contributed by atoms with E-state index in [1.807, 2.05) is 19.9 Å². The maximum Gasteiger partial charge on any atom is 0.293 e. The fourth-order valence-corrected chi connectivity index (χ4v) is 3.06. The van der Waals surface area contributed by atoms with Crippen molar-refractivity contribution in [2.45, 2.75) is 13.8 Å².